The van der Waals surface area contributed by atoms with Gasteiger partial charge in [0.05, 0.1) is 0 Å². The number of aryl methyl sites for hydroxylation is 3. The number of carbonyl (C=O) groups excluding carboxylic acids is 2. The molecule has 1 aliphatic rings. The van der Waals surface area contributed by atoms with Crippen LogP contribution in [0, 0.1) is 6.92 Å². The summed E-state index contributed by atoms with van der Waals surface area (Å²) < 4.78 is 0. The van der Waals surface area contributed by atoms with Gasteiger partial charge in [0.1, 0.15) is 0 Å². The summed E-state index contributed by atoms with van der Waals surface area (Å²) in [5.74, 6) is 0.146. The first kappa shape index (κ1) is 16.2. The molecule has 0 spiro atoms. The number of nitrogens with zero attached hydrogens (tertiary/aromatic N) is 1. The molecule has 0 saturated heterocycles. The molecule has 0 atom stereocenters. The maximum Gasteiger partial charge on any atom is 0.227 e. The van der Waals surface area contributed by atoms with Crippen molar-refractivity contribution in [3.05, 3.63) is 59.2 Å². The zero-order valence-electron chi connectivity index (χ0n) is 14.1. The molecule has 0 aromatic heterocycles. The van der Waals surface area contributed by atoms with E-state index in [2.05, 4.69) is 36.5 Å². The van der Waals surface area contributed by atoms with Crippen molar-refractivity contribution in [2.45, 2.75) is 32.6 Å². The highest BCUT2D eigenvalue weighted by molar-refractivity contribution is 5.97. The van der Waals surface area contributed by atoms with Crippen molar-refractivity contribution in [1.82, 2.24) is 0 Å². The lowest BCUT2D eigenvalue weighted by Gasteiger charge is -2.26. The smallest absolute Gasteiger partial charge is 0.227 e. The zero-order chi connectivity index (χ0) is 17.1. The van der Waals surface area contributed by atoms with E-state index in [0.29, 0.717) is 12.8 Å². The van der Waals surface area contributed by atoms with Gasteiger partial charge in [0, 0.05) is 31.3 Å². The summed E-state index contributed by atoms with van der Waals surface area (Å²) in [6.07, 6.45) is 2.44. The number of nitrogens with one attached hydrogen (secondary N) is 1. The lowest BCUT2D eigenvalue weighted by atomic mass is 10.0. The third-order valence-corrected chi connectivity index (χ3v) is 4.47. The Labute approximate surface area is 142 Å². The minimum atomic E-state index is 0.00997. The molecule has 0 bridgehead atoms. The van der Waals surface area contributed by atoms with Gasteiger partial charge in [0.2, 0.25) is 11.8 Å². The van der Waals surface area contributed by atoms with Crippen LogP contribution in [0.5, 0.6) is 0 Å². The average Bonchev–Trinajstić information content (AvgIpc) is 2.58. The predicted octanol–water partition coefficient (Wildman–Crippen LogP) is 3.48. The van der Waals surface area contributed by atoms with E-state index in [0.717, 1.165) is 29.8 Å². The highest BCUT2D eigenvalue weighted by Gasteiger charge is 2.20. The molecule has 4 heteroatoms. The first-order valence-electron chi connectivity index (χ1n) is 8.28. The van der Waals surface area contributed by atoms with Crippen LogP contribution in [0.2, 0.25) is 0 Å². The van der Waals surface area contributed by atoms with Crippen LogP contribution in [0.3, 0.4) is 0 Å². The molecule has 0 radical (unpaired) electrons. The minimum absolute atomic E-state index is 0.00997. The molecule has 0 fully saturated rings. The number of hydrogen-bond acceptors (Lipinski definition) is 2. The SMILES string of the molecule is Cc1ccc(CCC(=O)Nc2ccc3c(c2)CCC(=O)N3C)cc1. The van der Waals surface area contributed by atoms with E-state index in [-0.39, 0.29) is 11.8 Å². The van der Waals surface area contributed by atoms with Crippen LogP contribution in [-0.2, 0) is 22.4 Å². The topological polar surface area (TPSA) is 49.4 Å². The molecule has 4 nitrogen and oxygen atoms in total. The molecule has 2 aromatic rings. The van der Waals surface area contributed by atoms with E-state index in [9.17, 15) is 9.59 Å². The number of rotatable bonds is 4. The summed E-state index contributed by atoms with van der Waals surface area (Å²) in [6.45, 7) is 2.05. The Kier molecular flexibility index (Phi) is 4.65. The molecule has 2 aromatic carbocycles. The maximum atomic E-state index is 12.2. The van der Waals surface area contributed by atoms with Gasteiger partial charge in [-0.3, -0.25) is 9.59 Å². The molecule has 0 unspecified atom stereocenters. The van der Waals surface area contributed by atoms with Gasteiger partial charge in [0.15, 0.2) is 0 Å². The monoisotopic (exact) mass is 322 g/mol. The van der Waals surface area contributed by atoms with E-state index in [4.69, 9.17) is 0 Å². The molecule has 2 amide bonds. The fraction of sp³-hybridized carbons (Fsp3) is 0.300. The van der Waals surface area contributed by atoms with Crippen molar-refractivity contribution >= 4 is 23.2 Å². The van der Waals surface area contributed by atoms with Crippen LogP contribution in [-0.4, -0.2) is 18.9 Å². The molecule has 124 valence electrons. The van der Waals surface area contributed by atoms with E-state index in [1.807, 2.05) is 18.2 Å². The summed E-state index contributed by atoms with van der Waals surface area (Å²) in [7, 11) is 1.79. The Hall–Kier alpha value is -2.62. The molecular formula is C20H22N2O2. The minimum Gasteiger partial charge on any atom is -0.326 e. The van der Waals surface area contributed by atoms with Gasteiger partial charge in [-0.25, -0.2) is 0 Å². The van der Waals surface area contributed by atoms with Crippen molar-refractivity contribution in [1.29, 1.82) is 0 Å². The Morgan fingerprint density at radius 1 is 1.12 bits per heavy atom. The molecule has 0 aliphatic carbocycles. The van der Waals surface area contributed by atoms with Crippen LogP contribution in [0.4, 0.5) is 11.4 Å². The number of hydrogen-bond donors (Lipinski definition) is 1. The third-order valence-electron chi connectivity index (χ3n) is 4.47. The number of anilines is 2. The Morgan fingerprint density at radius 3 is 2.62 bits per heavy atom. The summed E-state index contributed by atoms with van der Waals surface area (Å²) in [4.78, 5) is 25.6. The third kappa shape index (κ3) is 3.65. The molecule has 24 heavy (non-hydrogen) atoms. The standard InChI is InChI=1S/C20H22N2O2/c1-14-3-5-15(6-4-14)7-11-19(23)21-17-9-10-18-16(13-17)8-12-20(24)22(18)2/h3-6,9-10,13H,7-8,11-12H2,1-2H3,(H,21,23). The van der Waals surface area contributed by atoms with Crippen LogP contribution in [0.1, 0.15) is 29.5 Å². The first-order valence-corrected chi connectivity index (χ1v) is 8.28. The lowest BCUT2D eigenvalue weighted by Crippen LogP contribution is -2.31. The van der Waals surface area contributed by atoms with Crippen molar-refractivity contribution < 1.29 is 9.59 Å². The fourth-order valence-electron chi connectivity index (χ4n) is 2.97. The maximum absolute atomic E-state index is 12.2. The summed E-state index contributed by atoms with van der Waals surface area (Å²) in [5.41, 5.74) is 5.23. The number of amides is 2. The van der Waals surface area contributed by atoms with Gasteiger partial charge in [-0.1, -0.05) is 29.8 Å². The van der Waals surface area contributed by atoms with E-state index < -0.39 is 0 Å². The zero-order valence-corrected chi connectivity index (χ0v) is 14.1. The van der Waals surface area contributed by atoms with Crippen LogP contribution in [0.25, 0.3) is 0 Å². The van der Waals surface area contributed by atoms with Crippen molar-refractivity contribution in [2.24, 2.45) is 0 Å². The van der Waals surface area contributed by atoms with E-state index in [1.165, 1.54) is 11.1 Å². The summed E-state index contributed by atoms with van der Waals surface area (Å²) >= 11 is 0. The molecule has 3 rings (SSSR count). The largest absolute Gasteiger partial charge is 0.326 e. The van der Waals surface area contributed by atoms with Gasteiger partial charge < -0.3 is 10.2 Å². The predicted molar refractivity (Wildman–Crippen MR) is 96.3 cm³/mol. The van der Waals surface area contributed by atoms with Gasteiger partial charge in [-0.2, -0.15) is 0 Å². The average molecular weight is 322 g/mol. The highest BCUT2D eigenvalue weighted by Crippen LogP contribution is 2.29. The van der Waals surface area contributed by atoms with Gasteiger partial charge in [-0.05, 0) is 49.1 Å². The number of fused-ring (bicyclic) bond motifs is 1. The van der Waals surface area contributed by atoms with Gasteiger partial charge in [0.25, 0.3) is 0 Å². The van der Waals surface area contributed by atoms with Crippen molar-refractivity contribution in [3.63, 3.8) is 0 Å². The Morgan fingerprint density at radius 2 is 1.88 bits per heavy atom. The highest BCUT2D eigenvalue weighted by atomic mass is 16.2. The lowest BCUT2D eigenvalue weighted by molar-refractivity contribution is -0.118. The number of carbonyl (C=O) groups is 2. The van der Waals surface area contributed by atoms with Crippen LogP contribution in [0.15, 0.2) is 42.5 Å². The molecular weight excluding hydrogens is 300 g/mol. The number of benzene rings is 2. The molecule has 1 N–H and O–H groups in total. The second kappa shape index (κ2) is 6.87. The van der Waals surface area contributed by atoms with Crippen LogP contribution >= 0.6 is 0 Å². The Bertz CT molecular complexity index is 766. The van der Waals surface area contributed by atoms with E-state index >= 15 is 0 Å². The second-order valence-corrected chi connectivity index (χ2v) is 6.33. The first-order chi connectivity index (χ1) is 11.5. The normalized spacial score (nSPS) is 13.6. The van der Waals surface area contributed by atoms with Crippen molar-refractivity contribution in [3.8, 4) is 0 Å². The summed E-state index contributed by atoms with van der Waals surface area (Å²) in [5, 5.41) is 2.96. The van der Waals surface area contributed by atoms with Gasteiger partial charge in [-0.15, -0.1) is 0 Å². The van der Waals surface area contributed by atoms with Crippen molar-refractivity contribution in [2.75, 3.05) is 17.3 Å². The Balaban J connectivity index is 1.60. The molecule has 1 aliphatic heterocycles. The van der Waals surface area contributed by atoms with Crippen LogP contribution < -0.4 is 10.2 Å². The molecule has 1 heterocycles. The van der Waals surface area contributed by atoms with Gasteiger partial charge >= 0.3 is 0 Å². The quantitative estimate of drug-likeness (QED) is 0.937. The molecule has 0 saturated carbocycles. The summed E-state index contributed by atoms with van der Waals surface area (Å²) in [6, 6.07) is 14.0. The second-order valence-electron chi connectivity index (χ2n) is 6.33. The fourth-order valence-corrected chi connectivity index (χ4v) is 2.97. The van der Waals surface area contributed by atoms with E-state index in [1.54, 1.807) is 11.9 Å².